The molecule has 0 atom stereocenters. The van der Waals surface area contributed by atoms with Gasteiger partial charge in [0.2, 0.25) is 11.6 Å². The number of rotatable bonds is 4. The van der Waals surface area contributed by atoms with Crippen LogP contribution in [0.4, 0.5) is 11.4 Å². The zero-order valence-electron chi connectivity index (χ0n) is 10.9. The van der Waals surface area contributed by atoms with Crippen LogP contribution in [0.15, 0.2) is 39.9 Å². The minimum absolute atomic E-state index is 0.229. The van der Waals surface area contributed by atoms with E-state index in [2.05, 4.69) is 25.9 Å². The first-order valence-corrected chi connectivity index (χ1v) is 6.51. The molecule has 21 heavy (non-hydrogen) atoms. The first-order chi connectivity index (χ1) is 10.0. The Labute approximate surface area is 128 Å². The van der Waals surface area contributed by atoms with E-state index in [-0.39, 0.29) is 5.56 Å². The molecule has 2 rings (SSSR count). The summed E-state index contributed by atoms with van der Waals surface area (Å²) in [5.41, 5.74) is 0.364. The minimum Gasteiger partial charge on any atom is -0.502 e. The molecule has 0 saturated carbocycles. The molecule has 7 nitrogen and oxygen atoms in total. The van der Waals surface area contributed by atoms with Crippen LogP contribution in [-0.4, -0.2) is 28.3 Å². The third-order valence-electron chi connectivity index (χ3n) is 2.56. The van der Waals surface area contributed by atoms with Gasteiger partial charge in [0.15, 0.2) is 0 Å². The SMILES string of the molecule is COc1ccc(N=Cc2cc(Br)cc([N+](=O)[O-])c2O)cn1. The van der Waals surface area contributed by atoms with Crippen molar-refractivity contribution in [3.8, 4) is 11.6 Å². The van der Waals surface area contributed by atoms with Gasteiger partial charge in [0, 0.05) is 28.4 Å². The lowest BCUT2D eigenvalue weighted by atomic mass is 10.2. The number of nitro groups is 1. The normalized spacial score (nSPS) is 10.8. The van der Waals surface area contributed by atoms with Gasteiger partial charge in [-0.15, -0.1) is 0 Å². The van der Waals surface area contributed by atoms with Gasteiger partial charge in [-0.1, -0.05) is 15.9 Å². The molecule has 1 heterocycles. The minimum atomic E-state index is -0.660. The number of hydrogen-bond donors (Lipinski definition) is 1. The molecule has 0 saturated heterocycles. The van der Waals surface area contributed by atoms with Crippen LogP contribution in [0.5, 0.6) is 11.6 Å². The number of aromatic hydroxyl groups is 1. The van der Waals surface area contributed by atoms with Crippen molar-refractivity contribution >= 4 is 33.5 Å². The van der Waals surface area contributed by atoms with Crippen molar-refractivity contribution in [2.24, 2.45) is 4.99 Å². The second-order valence-corrected chi connectivity index (χ2v) is 4.85. The lowest BCUT2D eigenvalue weighted by molar-refractivity contribution is -0.385. The van der Waals surface area contributed by atoms with Gasteiger partial charge >= 0.3 is 5.69 Å². The maximum absolute atomic E-state index is 10.8. The number of aliphatic imine (C=N–C) groups is 1. The predicted molar refractivity (Wildman–Crippen MR) is 80.5 cm³/mol. The average Bonchev–Trinajstić information content (AvgIpc) is 2.48. The van der Waals surface area contributed by atoms with Gasteiger partial charge in [-0.3, -0.25) is 15.1 Å². The molecule has 0 aliphatic carbocycles. The third kappa shape index (κ3) is 3.54. The number of aromatic nitrogens is 1. The smallest absolute Gasteiger partial charge is 0.312 e. The zero-order chi connectivity index (χ0) is 15.4. The van der Waals surface area contributed by atoms with E-state index in [1.807, 2.05) is 0 Å². The summed E-state index contributed by atoms with van der Waals surface area (Å²) in [7, 11) is 1.50. The highest BCUT2D eigenvalue weighted by atomic mass is 79.9. The highest BCUT2D eigenvalue weighted by molar-refractivity contribution is 9.10. The number of methoxy groups -OCH3 is 1. The van der Waals surface area contributed by atoms with Crippen LogP contribution < -0.4 is 4.74 Å². The fraction of sp³-hybridized carbons (Fsp3) is 0.0769. The molecule has 0 aliphatic rings. The molecule has 2 aromatic rings. The van der Waals surface area contributed by atoms with Crippen molar-refractivity contribution in [2.75, 3.05) is 7.11 Å². The molecule has 0 spiro atoms. The van der Waals surface area contributed by atoms with Gasteiger partial charge in [0.25, 0.3) is 0 Å². The molecule has 0 unspecified atom stereocenters. The number of nitrogens with zero attached hydrogens (tertiary/aromatic N) is 3. The number of pyridine rings is 1. The maximum Gasteiger partial charge on any atom is 0.312 e. The number of nitro benzene ring substituents is 1. The first kappa shape index (κ1) is 14.9. The quantitative estimate of drug-likeness (QED) is 0.518. The van der Waals surface area contributed by atoms with Crippen LogP contribution in [0, 0.1) is 10.1 Å². The monoisotopic (exact) mass is 351 g/mol. The van der Waals surface area contributed by atoms with E-state index in [1.165, 1.54) is 31.7 Å². The van der Waals surface area contributed by atoms with Gasteiger partial charge in [0.05, 0.1) is 23.9 Å². The summed E-state index contributed by atoms with van der Waals surface area (Å²) in [6.07, 6.45) is 2.81. The number of halogens is 1. The van der Waals surface area contributed by atoms with E-state index in [9.17, 15) is 15.2 Å². The van der Waals surface area contributed by atoms with Crippen molar-refractivity contribution in [2.45, 2.75) is 0 Å². The van der Waals surface area contributed by atoms with Crippen molar-refractivity contribution in [1.82, 2.24) is 4.98 Å². The van der Waals surface area contributed by atoms with Crippen molar-refractivity contribution in [1.29, 1.82) is 0 Å². The summed E-state index contributed by atoms with van der Waals surface area (Å²) in [4.78, 5) is 18.3. The summed E-state index contributed by atoms with van der Waals surface area (Å²) < 4.78 is 5.40. The summed E-state index contributed by atoms with van der Waals surface area (Å²) in [6.45, 7) is 0. The highest BCUT2D eigenvalue weighted by Crippen LogP contribution is 2.32. The van der Waals surface area contributed by atoms with E-state index < -0.39 is 16.4 Å². The molecular formula is C13H10BrN3O4. The lowest BCUT2D eigenvalue weighted by Crippen LogP contribution is -1.92. The summed E-state index contributed by atoms with van der Waals surface area (Å²) in [5, 5.41) is 20.7. The second kappa shape index (κ2) is 6.31. The molecule has 8 heteroatoms. The lowest BCUT2D eigenvalue weighted by Gasteiger charge is -2.02. The van der Waals surface area contributed by atoms with E-state index in [0.717, 1.165) is 0 Å². The Morgan fingerprint density at radius 1 is 1.48 bits per heavy atom. The molecule has 108 valence electrons. The van der Waals surface area contributed by atoms with E-state index in [1.54, 1.807) is 12.1 Å². The number of benzene rings is 1. The van der Waals surface area contributed by atoms with Crippen LogP contribution >= 0.6 is 15.9 Å². The fourth-order valence-electron chi connectivity index (χ4n) is 1.56. The van der Waals surface area contributed by atoms with E-state index in [4.69, 9.17) is 4.74 Å². The van der Waals surface area contributed by atoms with Gasteiger partial charge in [-0.2, -0.15) is 0 Å². The van der Waals surface area contributed by atoms with Gasteiger partial charge < -0.3 is 9.84 Å². The van der Waals surface area contributed by atoms with Crippen LogP contribution in [-0.2, 0) is 0 Å². The Kier molecular flexibility index (Phi) is 4.49. The van der Waals surface area contributed by atoms with E-state index in [0.29, 0.717) is 16.0 Å². The molecule has 1 aromatic heterocycles. The maximum atomic E-state index is 10.8. The van der Waals surface area contributed by atoms with Crippen LogP contribution in [0.1, 0.15) is 5.56 Å². The van der Waals surface area contributed by atoms with Crippen molar-refractivity contribution < 1.29 is 14.8 Å². The van der Waals surface area contributed by atoms with Gasteiger partial charge in [-0.25, -0.2) is 4.98 Å². The predicted octanol–water partition coefficient (Wildman–Crippen LogP) is 3.22. The second-order valence-electron chi connectivity index (χ2n) is 3.94. The Bertz CT molecular complexity index is 701. The molecule has 0 bridgehead atoms. The Balaban J connectivity index is 2.33. The van der Waals surface area contributed by atoms with Crippen molar-refractivity contribution in [3.63, 3.8) is 0 Å². The third-order valence-corrected chi connectivity index (χ3v) is 3.02. The molecule has 1 aromatic carbocycles. The summed E-state index contributed by atoms with van der Waals surface area (Å²) in [5.74, 6) is 0.0170. The number of ether oxygens (including phenoxy) is 1. The number of phenolic OH excluding ortho intramolecular Hbond substituents is 1. The van der Waals surface area contributed by atoms with Crippen LogP contribution in [0.25, 0.3) is 0 Å². The zero-order valence-corrected chi connectivity index (χ0v) is 12.4. The summed E-state index contributed by atoms with van der Waals surface area (Å²) >= 11 is 3.15. The van der Waals surface area contributed by atoms with Gasteiger partial charge in [0.1, 0.15) is 0 Å². The van der Waals surface area contributed by atoms with E-state index >= 15 is 0 Å². The topological polar surface area (TPSA) is 97.9 Å². The number of phenols is 1. The standard InChI is InChI=1S/C13H10BrN3O4/c1-21-12-3-2-10(7-16-12)15-6-8-4-9(14)5-11(13(8)18)17(19)20/h2-7,18H,1H3. The van der Waals surface area contributed by atoms with Crippen molar-refractivity contribution in [3.05, 3.63) is 50.6 Å². The van der Waals surface area contributed by atoms with Crippen LogP contribution in [0.2, 0.25) is 0 Å². The Hall–Kier alpha value is -2.48. The van der Waals surface area contributed by atoms with Gasteiger partial charge in [-0.05, 0) is 12.1 Å². The molecule has 0 fully saturated rings. The fourth-order valence-corrected chi connectivity index (χ4v) is 2.02. The number of hydrogen-bond acceptors (Lipinski definition) is 6. The molecular weight excluding hydrogens is 342 g/mol. The average molecular weight is 352 g/mol. The molecule has 0 aliphatic heterocycles. The molecule has 0 radical (unpaired) electrons. The molecule has 1 N–H and O–H groups in total. The first-order valence-electron chi connectivity index (χ1n) is 5.72. The van der Waals surface area contributed by atoms with Crippen LogP contribution in [0.3, 0.4) is 0 Å². The largest absolute Gasteiger partial charge is 0.502 e. The Morgan fingerprint density at radius 3 is 2.81 bits per heavy atom. The molecule has 0 amide bonds. The highest BCUT2D eigenvalue weighted by Gasteiger charge is 2.17. The Morgan fingerprint density at radius 2 is 2.24 bits per heavy atom. The summed E-state index contributed by atoms with van der Waals surface area (Å²) in [6, 6.07) is 6.06.